The van der Waals surface area contributed by atoms with Gasteiger partial charge in [-0.2, -0.15) is 0 Å². The normalized spacial score (nSPS) is 12.7. The molecule has 31 heavy (non-hydrogen) atoms. The van der Waals surface area contributed by atoms with Crippen LogP contribution < -0.4 is 14.4 Å². The number of carbonyl (C=O) groups is 2. The Bertz CT molecular complexity index is 1190. The number of carbonyl (C=O) groups excluding carboxylic acids is 2. The Labute approximate surface area is 180 Å². The molecule has 0 bridgehead atoms. The summed E-state index contributed by atoms with van der Waals surface area (Å²) in [7, 11) is 0. The highest BCUT2D eigenvalue weighted by Crippen LogP contribution is 2.32. The van der Waals surface area contributed by atoms with Crippen LogP contribution in [-0.4, -0.2) is 29.9 Å². The minimum absolute atomic E-state index is 0.105. The van der Waals surface area contributed by atoms with Crippen LogP contribution in [0.1, 0.15) is 23.0 Å². The molecule has 0 radical (unpaired) electrons. The molecular weight excluding hydrogens is 426 g/mol. The summed E-state index contributed by atoms with van der Waals surface area (Å²) in [5.41, 5.74) is 0.737. The van der Waals surface area contributed by atoms with Gasteiger partial charge in [-0.1, -0.05) is 0 Å². The molecule has 0 unspecified atom stereocenters. The van der Waals surface area contributed by atoms with E-state index in [4.69, 9.17) is 9.47 Å². The van der Waals surface area contributed by atoms with Gasteiger partial charge in [0.2, 0.25) is 5.91 Å². The maximum absolute atomic E-state index is 14.2. The molecule has 0 saturated heterocycles. The molecule has 1 aliphatic heterocycles. The van der Waals surface area contributed by atoms with Gasteiger partial charge in [0.15, 0.2) is 22.4 Å². The van der Waals surface area contributed by atoms with Crippen molar-refractivity contribution in [3.8, 4) is 11.5 Å². The number of halogens is 2. The van der Waals surface area contributed by atoms with Crippen molar-refractivity contribution in [2.24, 2.45) is 0 Å². The van der Waals surface area contributed by atoms with Crippen molar-refractivity contribution < 1.29 is 27.8 Å². The fourth-order valence-corrected chi connectivity index (χ4v) is 3.83. The van der Waals surface area contributed by atoms with Gasteiger partial charge in [-0.15, -0.1) is 11.3 Å². The van der Waals surface area contributed by atoms with Gasteiger partial charge in [-0.25, -0.2) is 13.8 Å². The first-order chi connectivity index (χ1) is 14.9. The predicted octanol–water partition coefficient (Wildman–Crippen LogP) is 4.77. The van der Waals surface area contributed by atoms with Crippen LogP contribution in [0.5, 0.6) is 11.5 Å². The average Bonchev–Trinajstić information content (AvgIpc) is 3.21. The van der Waals surface area contributed by atoms with Crippen molar-refractivity contribution in [1.82, 2.24) is 4.98 Å². The maximum Gasteiger partial charge on any atom is 0.230 e. The predicted molar refractivity (Wildman–Crippen MR) is 112 cm³/mol. The van der Waals surface area contributed by atoms with Crippen molar-refractivity contribution in [2.75, 3.05) is 18.1 Å². The monoisotopic (exact) mass is 442 g/mol. The van der Waals surface area contributed by atoms with E-state index in [1.165, 1.54) is 25.1 Å². The number of fused-ring (bicyclic) bond motifs is 1. The van der Waals surface area contributed by atoms with Crippen LogP contribution in [0.25, 0.3) is 6.08 Å². The third-order valence-corrected chi connectivity index (χ3v) is 5.24. The molecular formula is C22H16F2N2O4S. The molecule has 4 rings (SSSR count). The summed E-state index contributed by atoms with van der Waals surface area (Å²) in [6.45, 7) is 2.14. The van der Waals surface area contributed by atoms with E-state index in [9.17, 15) is 18.4 Å². The number of nitrogens with zero attached hydrogens (tertiary/aromatic N) is 2. The zero-order chi connectivity index (χ0) is 22.0. The van der Waals surface area contributed by atoms with E-state index in [1.807, 2.05) is 0 Å². The van der Waals surface area contributed by atoms with Crippen molar-refractivity contribution in [3.63, 3.8) is 0 Å². The average molecular weight is 442 g/mol. The lowest BCUT2D eigenvalue weighted by atomic mass is 10.1. The number of thiazole rings is 1. The Balaban J connectivity index is 1.54. The molecule has 2 heterocycles. The van der Waals surface area contributed by atoms with Gasteiger partial charge in [-0.3, -0.25) is 14.5 Å². The quantitative estimate of drug-likeness (QED) is 0.421. The van der Waals surface area contributed by atoms with E-state index in [0.717, 1.165) is 22.3 Å². The summed E-state index contributed by atoms with van der Waals surface area (Å²) in [4.78, 5) is 29.9. The second kappa shape index (κ2) is 8.65. The van der Waals surface area contributed by atoms with Crippen molar-refractivity contribution >= 4 is 39.9 Å². The first-order valence-electron chi connectivity index (χ1n) is 9.26. The van der Waals surface area contributed by atoms with E-state index in [1.54, 1.807) is 23.6 Å². The molecule has 3 aromatic rings. The van der Waals surface area contributed by atoms with Gasteiger partial charge in [0.1, 0.15) is 24.8 Å². The smallest absolute Gasteiger partial charge is 0.230 e. The highest BCUT2D eigenvalue weighted by molar-refractivity contribution is 7.14. The molecule has 0 N–H and O–H groups in total. The van der Waals surface area contributed by atoms with Gasteiger partial charge in [0.25, 0.3) is 0 Å². The molecule has 0 spiro atoms. The summed E-state index contributed by atoms with van der Waals surface area (Å²) >= 11 is 1.09. The molecule has 1 aliphatic rings. The van der Waals surface area contributed by atoms with Crippen LogP contribution in [0.2, 0.25) is 0 Å². The lowest BCUT2D eigenvalue weighted by molar-refractivity contribution is -0.115. The number of benzene rings is 2. The number of hydrogen-bond acceptors (Lipinski definition) is 6. The minimum atomic E-state index is -0.878. The largest absolute Gasteiger partial charge is 0.486 e. The molecule has 0 saturated carbocycles. The Morgan fingerprint density at radius 2 is 1.87 bits per heavy atom. The molecule has 158 valence electrons. The number of amides is 1. The van der Waals surface area contributed by atoms with Gasteiger partial charge in [-0.05, 0) is 42.5 Å². The van der Waals surface area contributed by atoms with Gasteiger partial charge in [0, 0.05) is 23.9 Å². The maximum atomic E-state index is 14.2. The lowest BCUT2D eigenvalue weighted by Crippen LogP contribution is -2.23. The van der Waals surface area contributed by atoms with Crippen molar-refractivity contribution in [3.05, 3.63) is 70.7 Å². The first kappa shape index (κ1) is 20.7. The van der Waals surface area contributed by atoms with E-state index < -0.39 is 17.5 Å². The van der Waals surface area contributed by atoms with Gasteiger partial charge in [0.05, 0.1) is 11.4 Å². The third-order valence-electron chi connectivity index (χ3n) is 4.40. The number of hydrogen-bond donors (Lipinski definition) is 0. The molecule has 2 aromatic carbocycles. The highest BCUT2D eigenvalue weighted by Gasteiger charge is 2.21. The SMILES string of the molecule is CC(=O)N(c1nc(/C=C/C(=O)c2ccc3c(c2)OCCO3)cs1)c1ccc(F)cc1F. The standard InChI is InChI=1S/C22H16F2N2O4S/c1-13(27)26(18-5-3-15(23)11-17(18)24)22-25-16(12-31-22)4-6-19(28)14-2-7-20-21(10-14)30-9-8-29-20/h2-7,10-12H,8-9H2,1H3/b6-4+. The van der Waals surface area contributed by atoms with Gasteiger partial charge < -0.3 is 9.47 Å². The first-order valence-corrected chi connectivity index (χ1v) is 10.1. The summed E-state index contributed by atoms with van der Waals surface area (Å²) in [6.07, 6.45) is 2.85. The van der Waals surface area contributed by atoms with E-state index in [-0.39, 0.29) is 16.6 Å². The fourth-order valence-electron chi connectivity index (χ4n) is 2.98. The zero-order valence-corrected chi connectivity index (χ0v) is 17.1. The number of aromatic nitrogens is 1. The Morgan fingerprint density at radius 3 is 2.61 bits per heavy atom. The molecule has 1 amide bonds. The van der Waals surface area contributed by atoms with Crippen molar-refractivity contribution in [1.29, 1.82) is 0 Å². The van der Waals surface area contributed by atoms with Crippen LogP contribution in [-0.2, 0) is 4.79 Å². The van der Waals surface area contributed by atoms with Crippen LogP contribution in [0.3, 0.4) is 0 Å². The molecule has 0 aliphatic carbocycles. The summed E-state index contributed by atoms with van der Waals surface area (Å²) in [6, 6.07) is 7.87. The summed E-state index contributed by atoms with van der Waals surface area (Å²) < 4.78 is 38.3. The Kier molecular flexibility index (Phi) is 5.77. The van der Waals surface area contributed by atoms with Crippen LogP contribution in [0.15, 0.2) is 47.9 Å². The number of rotatable bonds is 5. The molecule has 6 nitrogen and oxygen atoms in total. The number of ether oxygens (including phenoxy) is 2. The molecule has 0 atom stereocenters. The Hall–Kier alpha value is -3.59. The lowest BCUT2D eigenvalue weighted by Gasteiger charge is -2.18. The van der Waals surface area contributed by atoms with Crippen molar-refractivity contribution in [2.45, 2.75) is 6.92 Å². The van der Waals surface area contributed by atoms with Crippen LogP contribution in [0, 0.1) is 11.6 Å². The van der Waals surface area contributed by atoms with Crippen LogP contribution >= 0.6 is 11.3 Å². The molecule has 9 heteroatoms. The second-order valence-corrected chi connectivity index (χ2v) is 7.40. The Morgan fingerprint density at radius 1 is 1.10 bits per heavy atom. The van der Waals surface area contributed by atoms with Gasteiger partial charge >= 0.3 is 0 Å². The van der Waals surface area contributed by atoms with E-state index >= 15 is 0 Å². The van der Waals surface area contributed by atoms with E-state index in [0.29, 0.717) is 42.0 Å². The third kappa shape index (κ3) is 4.46. The molecule has 0 fully saturated rings. The molecule has 1 aromatic heterocycles. The topological polar surface area (TPSA) is 68.7 Å². The van der Waals surface area contributed by atoms with Crippen LogP contribution in [0.4, 0.5) is 19.6 Å². The summed E-state index contributed by atoms with van der Waals surface area (Å²) in [5.74, 6) is -1.27. The summed E-state index contributed by atoms with van der Waals surface area (Å²) in [5, 5.41) is 1.82. The zero-order valence-electron chi connectivity index (χ0n) is 16.3. The number of allylic oxidation sites excluding steroid dienone is 1. The second-order valence-electron chi connectivity index (χ2n) is 6.56. The number of anilines is 2. The fraction of sp³-hybridized carbons (Fsp3) is 0.136. The number of ketones is 1. The minimum Gasteiger partial charge on any atom is -0.486 e. The highest BCUT2D eigenvalue weighted by atomic mass is 32.1. The van der Waals surface area contributed by atoms with E-state index in [2.05, 4.69) is 4.98 Å².